The molecule has 0 radical (unpaired) electrons. The predicted octanol–water partition coefficient (Wildman–Crippen LogP) is 3.69. The van der Waals surface area contributed by atoms with Gasteiger partial charge in [-0.05, 0) is 68.6 Å². The van der Waals surface area contributed by atoms with Crippen LogP contribution in [-0.2, 0) is 14.3 Å². The van der Waals surface area contributed by atoms with Crippen LogP contribution >= 0.6 is 0 Å². The van der Waals surface area contributed by atoms with Gasteiger partial charge in [-0.2, -0.15) is 0 Å². The molecule has 0 aromatic carbocycles. The van der Waals surface area contributed by atoms with E-state index in [1.807, 2.05) is 6.08 Å². The van der Waals surface area contributed by atoms with Gasteiger partial charge in [-0.15, -0.1) is 0 Å². The van der Waals surface area contributed by atoms with Gasteiger partial charge in [0, 0.05) is 35.9 Å². The van der Waals surface area contributed by atoms with Gasteiger partial charge in [-0.1, -0.05) is 18.6 Å². The van der Waals surface area contributed by atoms with Crippen molar-refractivity contribution in [1.82, 2.24) is 5.32 Å². The van der Waals surface area contributed by atoms with Gasteiger partial charge in [-0.25, -0.2) is 0 Å². The maximum atomic E-state index is 12.0. The third-order valence-corrected chi connectivity index (χ3v) is 8.44. The molecule has 0 amide bonds. The SMILES string of the molecule is CC(=O)OC1CC23CNC(C)=C2CCC3C2CCC3=CC(=O)C=CC3(C)C12. The van der Waals surface area contributed by atoms with Gasteiger partial charge >= 0.3 is 5.97 Å². The number of nitrogens with one attached hydrogen (secondary N) is 1. The van der Waals surface area contributed by atoms with E-state index >= 15 is 0 Å². The molecule has 1 heterocycles. The fourth-order valence-corrected chi connectivity index (χ4v) is 7.49. The predicted molar refractivity (Wildman–Crippen MR) is 103 cm³/mol. The molecule has 0 aromatic heterocycles. The van der Waals surface area contributed by atoms with E-state index < -0.39 is 0 Å². The van der Waals surface area contributed by atoms with Crippen LogP contribution in [0, 0.1) is 28.6 Å². The zero-order chi connectivity index (χ0) is 19.0. The minimum Gasteiger partial charge on any atom is -0.462 e. The topological polar surface area (TPSA) is 55.4 Å². The molecule has 4 heteroatoms. The highest BCUT2D eigenvalue weighted by Crippen LogP contribution is 2.67. The monoisotopic (exact) mass is 367 g/mol. The number of carbonyl (C=O) groups excluding carboxylic acids is 2. The Bertz CT molecular complexity index is 821. The number of ether oxygens (including phenoxy) is 1. The van der Waals surface area contributed by atoms with Crippen LogP contribution in [0.1, 0.15) is 52.9 Å². The number of allylic oxidation sites excluding steroid dienone is 5. The Morgan fingerprint density at radius 1 is 1.30 bits per heavy atom. The number of rotatable bonds is 1. The average molecular weight is 367 g/mol. The highest BCUT2D eigenvalue weighted by atomic mass is 16.5. The van der Waals surface area contributed by atoms with Crippen LogP contribution in [0.25, 0.3) is 0 Å². The summed E-state index contributed by atoms with van der Waals surface area (Å²) in [6.07, 6.45) is 11.0. The maximum Gasteiger partial charge on any atom is 0.302 e. The third-order valence-electron chi connectivity index (χ3n) is 8.44. The van der Waals surface area contributed by atoms with Crippen molar-refractivity contribution in [3.05, 3.63) is 35.1 Å². The van der Waals surface area contributed by atoms with Gasteiger partial charge in [0.2, 0.25) is 0 Å². The van der Waals surface area contributed by atoms with Crippen LogP contribution in [0.3, 0.4) is 0 Å². The van der Waals surface area contributed by atoms with Gasteiger partial charge in [0.15, 0.2) is 5.78 Å². The fraction of sp³-hybridized carbons (Fsp3) is 0.652. The summed E-state index contributed by atoms with van der Waals surface area (Å²) in [6, 6.07) is 0. The molecule has 27 heavy (non-hydrogen) atoms. The molecule has 4 aliphatic carbocycles. The van der Waals surface area contributed by atoms with Gasteiger partial charge in [-0.3, -0.25) is 9.59 Å². The lowest BCUT2D eigenvalue weighted by Gasteiger charge is -2.58. The quantitative estimate of drug-likeness (QED) is 0.718. The summed E-state index contributed by atoms with van der Waals surface area (Å²) in [5, 5.41) is 3.62. The first kappa shape index (κ1) is 17.3. The molecule has 0 bridgehead atoms. The van der Waals surface area contributed by atoms with E-state index in [9.17, 15) is 9.59 Å². The normalized spacial score (nSPS) is 44.7. The number of carbonyl (C=O) groups is 2. The lowest BCUT2D eigenvalue weighted by atomic mass is 9.47. The van der Waals surface area contributed by atoms with E-state index in [4.69, 9.17) is 4.74 Å². The van der Waals surface area contributed by atoms with E-state index in [2.05, 4.69) is 25.2 Å². The molecule has 1 N–H and O–H groups in total. The summed E-state index contributed by atoms with van der Waals surface area (Å²) in [4.78, 5) is 24.0. The molecule has 0 saturated heterocycles. The Balaban J connectivity index is 1.61. The van der Waals surface area contributed by atoms with Crippen LogP contribution in [0.5, 0.6) is 0 Å². The maximum absolute atomic E-state index is 12.0. The Morgan fingerprint density at radius 3 is 2.89 bits per heavy atom. The van der Waals surface area contributed by atoms with Gasteiger partial charge < -0.3 is 10.1 Å². The average Bonchev–Trinajstić information content (AvgIpc) is 3.12. The van der Waals surface area contributed by atoms with Crippen molar-refractivity contribution in [2.24, 2.45) is 28.6 Å². The number of fused-ring (bicyclic) bond motifs is 4. The molecule has 5 aliphatic rings. The lowest BCUT2D eigenvalue weighted by molar-refractivity contribution is -0.166. The van der Waals surface area contributed by atoms with Crippen LogP contribution < -0.4 is 5.32 Å². The van der Waals surface area contributed by atoms with Crippen LogP contribution in [-0.4, -0.2) is 24.4 Å². The minimum atomic E-state index is -0.185. The second-order valence-electron chi connectivity index (χ2n) is 9.53. The third kappa shape index (κ3) is 2.22. The summed E-state index contributed by atoms with van der Waals surface area (Å²) in [5.74, 6) is 1.36. The summed E-state index contributed by atoms with van der Waals surface area (Å²) in [6.45, 7) is 6.99. The number of esters is 1. The van der Waals surface area contributed by atoms with Crippen molar-refractivity contribution < 1.29 is 14.3 Å². The first-order valence-corrected chi connectivity index (χ1v) is 10.4. The standard InChI is InChI=1S/C23H29NO3/c1-13-18-6-7-19-17-5-4-15-10-16(26)8-9-22(15,3)21(17)20(27-14(2)25)11-23(18,19)12-24-13/h8-10,17,19-21,24H,4-7,11-12H2,1-3H3. The zero-order valence-corrected chi connectivity index (χ0v) is 16.5. The second-order valence-corrected chi connectivity index (χ2v) is 9.53. The second kappa shape index (κ2) is 5.59. The first-order valence-electron chi connectivity index (χ1n) is 10.4. The minimum absolute atomic E-state index is 0.0869. The molecule has 1 spiro atoms. The van der Waals surface area contributed by atoms with Gasteiger partial charge in [0.25, 0.3) is 0 Å². The van der Waals surface area contributed by atoms with Crippen molar-refractivity contribution in [2.45, 2.75) is 59.0 Å². The number of hydrogen-bond donors (Lipinski definition) is 1. The highest BCUT2D eigenvalue weighted by molar-refractivity contribution is 6.01. The fourth-order valence-electron chi connectivity index (χ4n) is 7.49. The summed E-state index contributed by atoms with van der Waals surface area (Å²) in [5.41, 5.74) is 4.16. The smallest absolute Gasteiger partial charge is 0.302 e. The molecular weight excluding hydrogens is 338 g/mol. The number of ketones is 1. The zero-order valence-electron chi connectivity index (χ0n) is 16.5. The molecule has 144 valence electrons. The summed E-state index contributed by atoms with van der Waals surface area (Å²) < 4.78 is 6.01. The Kier molecular flexibility index (Phi) is 3.57. The van der Waals surface area contributed by atoms with Gasteiger partial charge in [0.1, 0.15) is 6.10 Å². The van der Waals surface area contributed by atoms with Crippen molar-refractivity contribution >= 4 is 11.8 Å². The molecule has 6 unspecified atom stereocenters. The lowest BCUT2D eigenvalue weighted by Crippen LogP contribution is -2.57. The van der Waals surface area contributed by atoms with Gasteiger partial charge in [0.05, 0.1) is 0 Å². The highest BCUT2D eigenvalue weighted by Gasteiger charge is 2.64. The molecule has 6 atom stereocenters. The summed E-state index contributed by atoms with van der Waals surface area (Å²) in [7, 11) is 0. The van der Waals surface area contributed by atoms with E-state index in [-0.39, 0.29) is 34.6 Å². The van der Waals surface area contributed by atoms with E-state index in [0.717, 1.165) is 25.8 Å². The first-order chi connectivity index (χ1) is 12.8. The van der Waals surface area contributed by atoms with Crippen molar-refractivity contribution in [2.75, 3.05) is 6.54 Å². The molecule has 3 saturated carbocycles. The van der Waals surface area contributed by atoms with Crippen LogP contribution in [0.2, 0.25) is 0 Å². The van der Waals surface area contributed by atoms with Crippen molar-refractivity contribution in [3.63, 3.8) is 0 Å². The molecule has 0 aromatic rings. The molecule has 5 rings (SSSR count). The summed E-state index contributed by atoms with van der Waals surface area (Å²) >= 11 is 0. The Labute approximate surface area is 161 Å². The largest absolute Gasteiger partial charge is 0.462 e. The van der Waals surface area contributed by atoms with E-state index in [1.54, 1.807) is 11.6 Å². The molecule has 1 aliphatic heterocycles. The van der Waals surface area contributed by atoms with E-state index in [1.165, 1.54) is 31.0 Å². The molecule has 3 fully saturated rings. The van der Waals surface area contributed by atoms with Crippen LogP contribution in [0.4, 0.5) is 0 Å². The van der Waals surface area contributed by atoms with Crippen molar-refractivity contribution in [3.8, 4) is 0 Å². The van der Waals surface area contributed by atoms with Crippen LogP contribution in [0.15, 0.2) is 35.1 Å². The molecule has 4 nitrogen and oxygen atoms in total. The van der Waals surface area contributed by atoms with Crippen molar-refractivity contribution in [1.29, 1.82) is 0 Å². The Hall–Kier alpha value is -1.84. The number of hydrogen-bond acceptors (Lipinski definition) is 4. The Morgan fingerprint density at radius 2 is 2.11 bits per heavy atom. The van der Waals surface area contributed by atoms with E-state index in [0.29, 0.717) is 11.8 Å². The molecular formula is C23H29NO3.